The second-order valence-corrected chi connectivity index (χ2v) is 7.15. The monoisotopic (exact) mass is 404 g/mol. The van der Waals surface area contributed by atoms with Gasteiger partial charge in [-0.25, -0.2) is 4.98 Å². The Labute approximate surface area is 175 Å². The van der Waals surface area contributed by atoms with Crippen molar-refractivity contribution in [1.82, 2.24) is 10.3 Å². The molecule has 0 bridgehead atoms. The van der Waals surface area contributed by atoms with Crippen LogP contribution in [0, 0.1) is 13.8 Å². The Hall–Kier alpha value is -3.67. The summed E-state index contributed by atoms with van der Waals surface area (Å²) in [5, 5.41) is 12.1. The van der Waals surface area contributed by atoms with Crippen LogP contribution in [0.4, 0.5) is 0 Å². The van der Waals surface area contributed by atoms with Crippen LogP contribution in [0.1, 0.15) is 39.6 Å². The Kier molecular flexibility index (Phi) is 6.47. The maximum atomic E-state index is 12.9. The molecule has 1 heterocycles. The highest BCUT2D eigenvalue weighted by Crippen LogP contribution is 2.28. The molecular formula is C24H24N2O4. The van der Waals surface area contributed by atoms with Gasteiger partial charge in [0, 0.05) is 5.56 Å². The highest BCUT2D eigenvalue weighted by molar-refractivity contribution is 5.93. The molecule has 1 atom stereocenters. The number of hydrogen-bond donors (Lipinski definition) is 2. The van der Waals surface area contributed by atoms with E-state index in [1.807, 2.05) is 62.4 Å². The first-order valence-corrected chi connectivity index (χ1v) is 9.58. The fraction of sp³-hybridized carbons (Fsp3) is 0.208. The number of pyridine rings is 1. The van der Waals surface area contributed by atoms with Crippen molar-refractivity contribution in [1.29, 1.82) is 0 Å². The molecule has 154 valence electrons. The van der Waals surface area contributed by atoms with Crippen molar-refractivity contribution in [3.8, 4) is 17.0 Å². The van der Waals surface area contributed by atoms with E-state index in [1.165, 1.54) is 0 Å². The molecule has 6 heteroatoms. The van der Waals surface area contributed by atoms with Gasteiger partial charge in [0.05, 0.1) is 19.6 Å². The van der Waals surface area contributed by atoms with Crippen molar-refractivity contribution in [2.24, 2.45) is 0 Å². The summed E-state index contributed by atoms with van der Waals surface area (Å²) in [7, 11) is 1.55. The summed E-state index contributed by atoms with van der Waals surface area (Å²) < 4.78 is 5.41. The summed E-state index contributed by atoms with van der Waals surface area (Å²) in [6, 6.07) is 17.8. The van der Waals surface area contributed by atoms with E-state index >= 15 is 0 Å². The number of hydrogen-bond acceptors (Lipinski definition) is 4. The van der Waals surface area contributed by atoms with Gasteiger partial charge in [0.2, 0.25) is 0 Å². The number of ether oxygens (including phenoxy) is 1. The van der Waals surface area contributed by atoms with Crippen molar-refractivity contribution < 1.29 is 19.4 Å². The number of carboxylic acid groups (broad SMARTS) is 1. The minimum Gasteiger partial charge on any atom is -0.494 e. The van der Waals surface area contributed by atoms with E-state index in [1.54, 1.807) is 19.2 Å². The molecule has 0 fully saturated rings. The number of carboxylic acids is 1. The molecule has 0 aliphatic carbocycles. The number of amides is 1. The van der Waals surface area contributed by atoms with Crippen molar-refractivity contribution in [2.75, 3.05) is 7.11 Å². The maximum absolute atomic E-state index is 12.9. The summed E-state index contributed by atoms with van der Waals surface area (Å²) in [4.78, 5) is 28.7. The normalized spacial score (nSPS) is 11.6. The van der Waals surface area contributed by atoms with Gasteiger partial charge < -0.3 is 15.2 Å². The zero-order chi connectivity index (χ0) is 21.7. The molecule has 0 saturated heterocycles. The number of aliphatic carboxylic acids is 1. The topological polar surface area (TPSA) is 88.5 Å². The van der Waals surface area contributed by atoms with Crippen molar-refractivity contribution in [2.45, 2.75) is 26.3 Å². The molecule has 2 N–H and O–H groups in total. The Morgan fingerprint density at radius 1 is 0.967 bits per heavy atom. The molecule has 0 aliphatic heterocycles. The van der Waals surface area contributed by atoms with E-state index in [0.29, 0.717) is 11.4 Å². The van der Waals surface area contributed by atoms with Gasteiger partial charge in [0.1, 0.15) is 17.1 Å². The molecule has 1 aromatic heterocycles. The number of benzene rings is 2. The van der Waals surface area contributed by atoms with Gasteiger partial charge in [-0.3, -0.25) is 9.59 Å². The van der Waals surface area contributed by atoms with Crippen LogP contribution >= 0.6 is 0 Å². The lowest BCUT2D eigenvalue weighted by Crippen LogP contribution is -2.30. The quantitative estimate of drug-likeness (QED) is 0.612. The van der Waals surface area contributed by atoms with E-state index in [-0.39, 0.29) is 12.1 Å². The largest absolute Gasteiger partial charge is 0.494 e. The predicted molar refractivity (Wildman–Crippen MR) is 115 cm³/mol. The van der Waals surface area contributed by atoms with Gasteiger partial charge >= 0.3 is 5.97 Å². The number of methoxy groups -OCH3 is 1. The first kappa shape index (κ1) is 21.0. The lowest BCUT2D eigenvalue weighted by molar-refractivity contribution is -0.137. The maximum Gasteiger partial charge on any atom is 0.305 e. The van der Waals surface area contributed by atoms with Crippen LogP contribution in [0.15, 0.2) is 60.7 Å². The SMILES string of the molecule is COc1ccc(C(=O)N[C@@H](CC(=O)O)c2ccc(C)cc2)nc1-c1ccc(C)cc1. The van der Waals surface area contributed by atoms with E-state index in [2.05, 4.69) is 10.3 Å². The predicted octanol–water partition coefficient (Wildman–Crippen LogP) is 4.32. The fourth-order valence-electron chi connectivity index (χ4n) is 3.11. The van der Waals surface area contributed by atoms with Gasteiger partial charge in [0.15, 0.2) is 0 Å². The highest BCUT2D eigenvalue weighted by atomic mass is 16.5. The molecule has 3 rings (SSSR count). The third kappa shape index (κ3) is 5.03. The summed E-state index contributed by atoms with van der Waals surface area (Å²) in [6.07, 6.45) is -0.226. The average molecular weight is 404 g/mol. The molecule has 0 radical (unpaired) electrons. The zero-order valence-electron chi connectivity index (χ0n) is 17.2. The smallest absolute Gasteiger partial charge is 0.305 e. The number of aryl methyl sites for hydroxylation is 2. The van der Waals surface area contributed by atoms with Crippen LogP contribution in [-0.2, 0) is 4.79 Å². The number of nitrogens with one attached hydrogen (secondary N) is 1. The minimum absolute atomic E-state index is 0.189. The third-order valence-corrected chi connectivity index (χ3v) is 4.80. The summed E-state index contributed by atoms with van der Waals surface area (Å²) >= 11 is 0. The molecule has 0 unspecified atom stereocenters. The van der Waals surface area contributed by atoms with Gasteiger partial charge in [-0.1, -0.05) is 59.7 Å². The number of carbonyl (C=O) groups excluding carboxylic acids is 1. The first-order valence-electron chi connectivity index (χ1n) is 9.58. The molecule has 2 aromatic carbocycles. The molecule has 0 spiro atoms. The summed E-state index contributed by atoms with van der Waals surface area (Å²) in [5.41, 5.74) is 4.46. The second-order valence-electron chi connectivity index (χ2n) is 7.15. The Morgan fingerprint density at radius 3 is 2.13 bits per heavy atom. The van der Waals surface area contributed by atoms with Gasteiger partial charge in [-0.15, -0.1) is 0 Å². The third-order valence-electron chi connectivity index (χ3n) is 4.80. The molecule has 30 heavy (non-hydrogen) atoms. The van der Waals surface area contributed by atoms with E-state index < -0.39 is 17.9 Å². The van der Waals surface area contributed by atoms with Crippen molar-refractivity contribution in [3.05, 3.63) is 83.0 Å². The number of carbonyl (C=O) groups is 2. The Balaban J connectivity index is 1.90. The van der Waals surface area contributed by atoms with Gasteiger partial charge in [-0.05, 0) is 31.5 Å². The van der Waals surface area contributed by atoms with Crippen LogP contribution in [0.2, 0.25) is 0 Å². The van der Waals surface area contributed by atoms with Gasteiger partial charge in [-0.2, -0.15) is 0 Å². The zero-order valence-corrected chi connectivity index (χ0v) is 17.2. The van der Waals surface area contributed by atoms with Crippen molar-refractivity contribution >= 4 is 11.9 Å². The molecule has 1 amide bonds. The van der Waals surface area contributed by atoms with Crippen molar-refractivity contribution in [3.63, 3.8) is 0 Å². The average Bonchev–Trinajstić information content (AvgIpc) is 2.73. The van der Waals surface area contributed by atoms with Crippen LogP contribution in [0.3, 0.4) is 0 Å². The second kappa shape index (κ2) is 9.22. The number of nitrogens with zero attached hydrogens (tertiary/aromatic N) is 1. The van der Waals surface area contributed by atoms with Crippen LogP contribution < -0.4 is 10.1 Å². The number of aromatic nitrogens is 1. The van der Waals surface area contributed by atoms with Crippen LogP contribution in [0.5, 0.6) is 5.75 Å². The van der Waals surface area contributed by atoms with E-state index in [9.17, 15) is 14.7 Å². The van der Waals surface area contributed by atoms with Crippen LogP contribution in [0.25, 0.3) is 11.3 Å². The fourth-order valence-corrected chi connectivity index (χ4v) is 3.11. The minimum atomic E-state index is -0.996. The molecule has 0 saturated carbocycles. The van der Waals surface area contributed by atoms with E-state index in [4.69, 9.17) is 4.74 Å². The standard InChI is InChI=1S/C24H24N2O4/c1-15-4-8-17(9-5-15)20(14-22(27)28)26-24(29)19-12-13-21(30-3)23(25-19)18-10-6-16(2)7-11-18/h4-13,20H,14H2,1-3H3,(H,26,29)(H,27,28)/t20-/m0/s1. The summed E-state index contributed by atoms with van der Waals surface area (Å²) in [6.45, 7) is 3.94. The number of rotatable bonds is 7. The van der Waals surface area contributed by atoms with Gasteiger partial charge in [0.25, 0.3) is 5.91 Å². The molecular weight excluding hydrogens is 380 g/mol. The Morgan fingerprint density at radius 2 is 1.57 bits per heavy atom. The van der Waals surface area contributed by atoms with E-state index in [0.717, 1.165) is 22.3 Å². The molecule has 0 aliphatic rings. The lowest BCUT2D eigenvalue weighted by Gasteiger charge is -2.18. The van der Waals surface area contributed by atoms with Crippen LogP contribution in [-0.4, -0.2) is 29.1 Å². The highest BCUT2D eigenvalue weighted by Gasteiger charge is 2.21. The first-order chi connectivity index (χ1) is 14.4. The Bertz CT molecular complexity index is 1040. The summed E-state index contributed by atoms with van der Waals surface area (Å²) in [5.74, 6) is -0.891. The lowest BCUT2D eigenvalue weighted by atomic mass is 10.0. The molecule has 3 aromatic rings. The molecule has 6 nitrogen and oxygen atoms in total.